The zero-order valence-corrected chi connectivity index (χ0v) is 18.5. The van der Waals surface area contributed by atoms with Gasteiger partial charge in [0.1, 0.15) is 18.2 Å². The molecule has 2 N–H and O–H groups in total. The molecule has 3 rings (SSSR count). The summed E-state index contributed by atoms with van der Waals surface area (Å²) in [6.45, 7) is 8.34. The SMILES string of the molecule is CN=C(NCCc1ccc(F)cc1C)NCc1ccccc1OCCN1CCOCC1. The molecule has 0 aromatic heterocycles. The summed E-state index contributed by atoms with van der Waals surface area (Å²) in [5.41, 5.74) is 3.18. The molecule has 0 amide bonds. The normalized spacial score (nSPS) is 15.0. The first-order chi connectivity index (χ1) is 15.2. The highest BCUT2D eigenvalue weighted by Crippen LogP contribution is 2.18. The fourth-order valence-electron chi connectivity index (χ4n) is 3.56. The van der Waals surface area contributed by atoms with Crippen LogP contribution in [0.4, 0.5) is 4.39 Å². The number of hydrogen-bond acceptors (Lipinski definition) is 4. The van der Waals surface area contributed by atoms with E-state index in [0.717, 1.165) is 67.7 Å². The lowest BCUT2D eigenvalue weighted by atomic mass is 10.1. The van der Waals surface area contributed by atoms with Crippen LogP contribution in [0.1, 0.15) is 16.7 Å². The Balaban J connectivity index is 1.44. The Hall–Kier alpha value is -2.64. The molecule has 1 aliphatic heterocycles. The highest BCUT2D eigenvalue weighted by atomic mass is 19.1. The first-order valence-electron chi connectivity index (χ1n) is 10.9. The molecular formula is C24H33FN4O2. The van der Waals surface area contributed by atoms with Gasteiger partial charge in [-0.15, -0.1) is 0 Å². The van der Waals surface area contributed by atoms with Gasteiger partial charge in [0.15, 0.2) is 5.96 Å². The molecule has 6 nitrogen and oxygen atoms in total. The van der Waals surface area contributed by atoms with Gasteiger partial charge < -0.3 is 20.1 Å². The monoisotopic (exact) mass is 428 g/mol. The molecule has 0 unspecified atom stereocenters. The van der Waals surface area contributed by atoms with Crippen molar-refractivity contribution in [3.8, 4) is 5.75 Å². The van der Waals surface area contributed by atoms with Crippen molar-refractivity contribution in [3.63, 3.8) is 0 Å². The Labute approximate surface area is 184 Å². The van der Waals surface area contributed by atoms with Gasteiger partial charge in [-0.1, -0.05) is 24.3 Å². The fourth-order valence-corrected chi connectivity index (χ4v) is 3.56. The summed E-state index contributed by atoms with van der Waals surface area (Å²) in [6, 6.07) is 13.0. The van der Waals surface area contributed by atoms with Gasteiger partial charge in [0.05, 0.1) is 13.2 Å². The number of halogens is 1. The number of nitrogens with zero attached hydrogens (tertiary/aromatic N) is 2. The number of para-hydroxylation sites is 1. The Morgan fingerprint density at radius 3 is 2.71 bits per heavy atom. The van der Waals surface area contributed by atoms with Gasteiger partial charge in [0, 0.05) is 45.3 Å². The molecule has 0 atom stereocenters. The number of ether oxygens (including phenoxy) is 2. The molecule has 0 bridgehead atoms. The zero-order chi connectivity index (χ0) is 21.9. The van der Waals surface area contributed by atoms with Crippen molar-refractivity contribution in [2.24, 2.45) is 4.99 Å². The summed E-state index contributed by atoms with van der Waals surface area (Å²) in [7, 11) is 1.75. The van der Waals surface area contributed by atoms with E-state index < -0.39 is 0 Å². The first-order valence-corrected chi connectivity index (χ1v) is 10.9. The number of benzene rings is 2. The molecule has 1 fully saturated rings. The molecule has 168 valence electrons. The van der Waals surface area contributed by atoms with Crippen LogP contribution in [0, 0.1) is 12.7 Å². The van der Waals surface area contributed by atoms with Gasteiger partial charge in [-0.3, -0.25) is 9.89 Å². The van der Waals surface area contributed by atoms with Crippen LogP contribution in [0.25, 0.3) is 0 Å². The Kier molecular flexibility index (Phi) is 9.12. The minimum Gasteiger partial charge on any atom is -0.492 e. The van der Waals surface area contributed by atoms with Crippen LogP contribution in [-0.2, 0) is 17.7 Å². The average molecular weight is 429 g/mol. The quantitative estimate of drug-likeness (QED) is 0.475. The summed E-state index contributed by atoms with van der Waals surface area (Å²) >= 11 is 0. The number of nitrogens with one attached hydrogen (secondary N) is 2. The second-order valence-electron chi connectivity index (χ2n) is 7.58. The molecule has 0 spiro atoms. The van der Waals surface area contributed by atoms with E-state index in [9.17, 15) is 4.39 Å². The van der Waals surface area contributed by atoms with Crippen molar-refractivity contribution in [1.29, 1.82) is 0 Å². The molecule has 0 radical (unpaired) electrons. The van der Waals surface area contributed by atoms with E-state index in [1.54, 1.807) is 13.1 Å². The third kappa shape index (κ3) is 7.52. The smallest absolute Gasteiger partial charge is 0.191 e. The van der Waals surface area contributed by atoms with Crippen molar-refractivity contribution < 1.29 is 13.9 Å². The van der Waals surface area contributed by atoms with E-state index >= 15 is 0 Å². The maximum Gasteiger partial charge on any atom is 0.191 e. The van der Waals surface area contributed by atoms with Crippen LogP contribution in [0.2, 0.25) is 0 Å². The highest BCUT2D eigenvalue weighted by molar-refractivity contribution is 5.79. The van der Waals surface area contributed by atoms with Gasteiger partial charge in [-0.2, -0.15) is 0 Å². The third-order valence-corrected chi connectivity index (χ3v) is 5.40. The molecule has 7 heteroatoms. The lowest BCUT2D eigenvalue weighted by molar-refractivity contribution is 0.0322. The average Bonchev–Trinajstić information content (AvgIpc) is 2.79. The maximum atomic E-state index is 13.3. The number of rotatable bonds is 9. The number of hydrogen-bond donors (Lipinski definition) is 2. The predicted molar refractivity (Wildman–Crippen MR) is 122 cm³/mol. The minimum absolute atomic E-state index is 0.197. The molecule has 1 aliphatic rings. The van der Waals surface area contributed by atoms with E-state index in [-0.39, 0.29) is 5.82 Å². The van der Waals surface area contributed by atoms with E-state index in [2.05, 4.69) is 26.6 Å². The standard InChI is InChI=1S/C24H33FN4O2/c1-19-17-22(25)8-7-20(19)9-10-27-24(26-2)28-18-21-5-3-4-6-23(21)31-16-13-29-11-14-30-15-12-29/h3-8,17H,9-16,18H2,1-2H3,(H2,26,27,28). The van der Waals surface area contributed by atoms with Gasteiger partial charge in [0.2, 0.25) is 0 Å². The maximum absolute atomic E-state index is 13.3. The molecule has 31 heavy (non-hydrogen) atoms. The molecule has 0 saturated carbocycles. The number of guanidine groups is 1. The molecule has 2 aromatic carbocycles. The lowest BCUT2D eigenvalue weighted by Gasteiger charge is -2.26. The fraction of sp³-hybridized carbons (Fsp3) is 0.458. The van der Waals surface area contributed by atoms with Crippen LogP contribution in [0.5, 0.6) is 5.75 Å². The van der Waals surface area contributed by atoms with Crippen LogP contribution in [-0.4, -0.2) is 63.9 Å². The summed E-state index contributed by atoms with van der Waals surface area (Å²) in [6.07, 6.45) is 0.800. The second kappa shape index (κ2) is 12.3. The van der Waals surface area contributed by atoms with Gasteiger partial charge in [-0.05, 0) is 42.7 Å². The van der Waals surface area contributed by atoms with E-state index in [1.165, 1.54) is 6.07 Å². The lowest BCUT2D eigenvalue weighted by Crippen LogP contribution is -2.39. The molecule has 1 heterocycles. The zero-order valence-electron chi connectivity index (χ0n) is 18.5. The molecule has 1 saturated heterocycles. The van der Waals surface area contributed by atoms with Gasteiger partial charge >= 0.3 is 0 Å². The Bertz CT molecular complexity index is 853. The van der Waals surface area contributed by atoms with Crippen molar-refractivity contribution in [2.45, 2.75) is 19.9 Å². The molecule has 0 aliphatic carbocycles. The Morgan fingerprint density at radius 1 is 1.13 bits per heavy atom. The van der Waals surface area contributed by atoms with Crippen LogP contribution in [0.15, 0.2) is 47.5 Å². The Morgan fingerprint density at radius 2 is 1.94 bits per heavy atom. The van der Waals surface area contributed by atoms with Crippen molar-refractivity contribution in [1.82, 2.24) is 15.5 Å². The summed E-state index contributed by atoms with van der Waals surface area (Å²) in [5.74, 6) is 1.42. The predicted octanol–water partition coefficient (Wildman–Crippen LogP) is 2.75. The van der Waals surface area contributed by atoms with E-state index in [0.29, 0.717) is 19.7 Å². The minimum atomic E-state index is -0.197. The molecular weight excluding hydrogens is 395 g/mol. The van der Waals surface area contributed by atoms with Gasteiger partial charge in [0.25, 0.3) is 0 Å². The first kappa shape index (κ1) is 23.0. The van der Waals surface area contributed by atoms with E-state index in [1.807, 2.05) is 31.2 Å². The number of aryl methyl sites for hydroxylation is 1. The van der Waals surface area contributed by atoms with Crippen LogP contribution >= 0.6 is 0 Å². The van der Waals surface area contributed by atoms with Crippen LogP contribution in [0.3, 0.4) is 0 Å². The second-order valence-corrected chi connectivity index (χ2v) is 7.58. The highest BCUT2D eigenvalue weighted by Gasteiger charge is 2.11. The van der Waals surface area contributed by atoms with E-state index in [4.69, 9.17) is 9.47 Å². The van der Waals surface area contributed by atoms with Crippen molar-refractivity contribution in [3.05, 3.63) is 65.0 Å². The van der Waals surface area contributed by atoms with Crippen LogP contribution < -0.4 is 15.4 Å². The number of morpholine rings is 1. The third-order valence-electron chi connectivity index (χ3n) is 5.40. The summed E-state index contributed by atoms with van der Waals surface area (Å²) < 4.78 is 24.7. The van der Waals surface area contributed by atoms with Crippen molar-refractivity contribution in [2.75, 3.05) is 53.0 Å². The summed E-state index contributed by atoms with van der Waals surface area (Å²) in [5, 5.41) is 6.67. The molecule has 2 aromatic rings. The largest absolute Gasteiger partial charge is 0.492 e. The van der Waals surface area contributed by atoms with Crippen molar-refractivity contribution >= 4 is 5.96 Å². The summed E-state index contributed by atoms with van der Waals surface area (Å²) in [4.78, 5) is 6.66. The number of aliphatic imine (C=N–C) groups is 1. The van der Waals surface area contributed by atoms with Gasteiger partial charge in [-0.25, -0.2) is 4.39 Å². The topological polar surface area (TPSA) is 58.1 Å².